The molecule has 0 bridgehead atoms. The van der Waals surface area contributed by atoms with E-state index in [2.05, 4.69) is 28.5 Å². The molecule has 1 aromatic heterocycles. The molecule has 104 valence electrons. The number of hydrogen-bond donors (Lipinski definition) is 1. The minimum absolute atomic E-state index is 0.566. The summed E-state index contributed by atoms with van der Waals surface area (Å²) in [5.74, 6) is 1.29. The molecule has 1 aliphatic heterocycles. The molecule has 1 N–H and O–H groups in total. The Hall–Kier alpha value is -1.87. The highest BCUT2D eigenvalue weighted by molar-refractivity contribution is 5.20. The molecule has 0 saturated carbocycles. The minimum Gasteiger partial charge on any atom is -0.473 e. The Morgan fingerprint density at radius 1 is 1.00 bits per heavy atom. The molecule has 0 spiro atoms. The molecule has 3 nitrogen and oxygen atoms in total. The lowest BCUT2D eigenvalue weighted by atomic mass is 9.94. The maximum absolute atomic E-state index is 5.80. The SMILES string of the molecule is c1ccc(COc2cccc(C3CCNCC3)n2)cc1. The van der Waals surface area contributed by atoms with E-state index in [4.69, 9.17) is 4.74 Å². The first-order valence-corrected chi connectivity index (χ1v) is 7.26. The van der Waals surface area contributed by atoms with Crippen LogP contribution in [-0.2, 0) is 6.61 Å². The minimum atomic E-state index is 0.566. The second-order valence-electron chi connectivity index (χ2n) is 5.20. The van der Waals surface area contributed by atoms with Crippen LogP contribution in [-0.4, -0.2) is 18.1 Å². The van der Waals surface area contributed by atoms with Crippen LogP contribution in [0.2, 0.25) is 0 Å². The molecule has 1 aromatic carbocycles. The van der Waals surface area contributed by atoms with Gasteiger partial charge in [-0.2, -0.15) is 0 Å². The van der Waals surface area contributed by atoms with Crippen LogP contribution in [0.15, 0.2) is 48.5 Å². The highest BCUT2D eigenvalue weighted by Crippen LogP contribution is 2.25. The predicted octanol–water partition coefficient (Wildman–Crippen LogP) is 3.13. The predicted molar refractivity (Wildman–Crippen MR) is 79.9 cm³/mol. The van der Waals surface area contributed by atoms with E-state index < -0.39 is 0 Å². The second-order valence-corrected chi connectivity index (χ2v) is 5.20. The molecule has 1 aliphatic rings. The fourth-order valence-corrected chi connectivity index (χ4v) is 2.59. The van der Waals surface area contributed by atoms with Crippen molar-refractivity contribution in [1.82, 2.24) is 10.3 Å². The normalized spacial score (nSPS) is 16.0. The zero-order valence-corrected chi connectivity index (χ0v) is 11.6. The average molecular weight is 268 g/mol. The Bertz CT molecular complexity index is 536. The zero-order chi connectivity index (χ0) is 13.6. The Labute approximate surface area is 120 Å². The summed E-state index contributed by atoms with van der Waals surface area (Å²) >= 11 is 0. The van der Waals surface area contributed by atoms with Crippen LogP contribution in [0, 0.1) is 0 Å². The van der Waals surface area contributed by atoms with E-state index in [0.717, 1.165) is 37.5 Å². The number of rotatable bonds is 4. The van der Waals surface area contributed by atoms with E-state index in [-0.39, 0.29) is 0 Å². The van der Waals surface area contributed by atoms with Crippen LogP contribution in [0.4, 0.5) is 0 Å². The number of aromatic nitrogens is 1. The lowest BCUT2D eigenvalue weighted by Gasteiger charge is -2.22. The highest BCUT2D eigenvalue weighted by Gasteiger charge is 2.16. The van der Waals surface area contributed by atoms with Crippen molar-refractivity contribution < 1.29 is 4.74 Å². The van der Waals surface area contributed by atoms with Crippen molar-refractivity contribution in [1.29, 1.82) is 0 Å². The maximum Gasteiger partial charge on any atom is 0.213 e. The molecule has 3 rings (SSSR count). The number of nitrogens with one attached hydrogen (secondary N) is 1. The van der Waals surface area contributed by atoms with Gasteiger partial charge in [0.25, 0.3) is 0 Å². The summed E-state index contributed by atoms with van der Waals surface area (Å²) in [7, 11) is 0. The van der Waals surface area contributed by atoms with Crippen molar-refractivity contribution in [3.05, 3.63) is 59.8 Å². The Kier molecular flexibility index (Phi) is 4.28. The van der Waals surface area contributed by atoms with Crippen LogP contribution < -0.4 is 10.1 Å². The summed E-state index contributed by atoms with van der Waals surface area (Å²) in [5.41, 5.74) is 2.33. The van der Waals surface area contributed by atoms with Crippen molar-refractivity contribution in [2.75, 3.05) is 13.1 Å². The molecule has 1 fully saturated rings. The Balaban J connectivity index is 1.65. The van der Waals surface area contributed by atoms with Gasteiger partial charge in [0.2, 0.25) is 5.88 Å². The number of hydrogen-bond acceptors (Lipinski definition) is 3. The molecule has 0 unspecified atom stereocenters. The van der Waals surface area contributed by atoms with E-state index in [1.54, 1.807) is 0 Å². The van der Waals surface area contributed by atoms with Crippen molar-refractivity contribution in [3.8, 4) is 5.88 Å². The van der Waals surface area contributed by atoms with Crippen molar-refractivity contribution in [2.45, 2.75) is 25.4 Å². The molecule has 0 radical (unpaired) electrons. The van der Waals surface area contributed by atoms with Gasteiger partial charge in [-0.15, -0.1) is 0 Å². The van der Waals surface area contributed by atoms with Crippen LogP contribution in [0.1, 0.15) is 30.0 Å². The summed E-state index contributed by atoms with van der Waals surface area (Å²) in [5, 5.41) is 3.39. The van der Waals surface area contributed by atoms with Crippen molar-refractivity contribution >= 4 is 0 Å². The molecule has 3 heteroatoms. The smallest absolute Gasteiger partial charge is 0.213 e. The number of benzene rings is 1. The van der Waals surface area contributed by atoms with Crippen molar-refractivity contribution in [3.63, 3.8) is 0 Å². The van der Waals surface area contributed by atoms with Gasteiger partial charge in [0.15, 0.2) is 0 Å². The van der Waals surface area contributed by atoms with E-state index in [1.165, 1.54) is 5.56 Å². The molecule has 2 aromatic rings. The fourth-order valence-electron chi connectivity index (χ4n) is 2.59. The van der Waals surface area contributed by atoms with Gasteiger partial charge >= 0.3 is 0 Å². The van der Waals surface area contributed by atoms with Gasteiger partial charge in [-0.3, -0.25) is 0 Å². The third-order valence-electron chi connectivity index (χ3n) is 3.73. The van der Waals surface area contributed by atoms with E-state index in [9.17, 15) is 0 Å². The van der Waals surface area contributed by atoms with Crippen LogP contribution in [0.3, 0.4) is 0 Å². The van der Waals surface area contributed by atoms with Crippen LogP contribution in [0.25, 0.3) is 0 Å². The van der Waals surface area contributed by atoms with Gasteiger partial charge in [-0.05, 0) is 37.6 Å². The molecular formula is C17H20N2O. The van der Waals surface area contributed by atoms with Gasteiger partial charge in [0.05, 0.1) is 0 Å². The number of nitrogens with zero attached hydrogens (tertiary/aromatic N) is 1. The molecule has 0 atom stereocenters. The van der Waals surface area contributed by atoms with E-state index in [0.29, 0.717) is 12.5 Å². The van der Waals surface area contributed by atoms with Crippen molar-refractivity contribution in [2.24, 2.45) is 0 Å². The average Bonchev–Trinajstić information content (AvgIpc) is 2.55. The molecule has 0 aliphatic carbocycles. The monoisotopic (exact) mass is 268 g/mol. The topological polar surface area (TPSA) is 34.1 Å². The van der Waals surface area contributed by atoms with E-state index in [1.807, 2.05) is 30.3 Å². The van der Waals surface area contributed by atoms with Gasteiger partial charge in [0, 0.05) is 17.7 Å². The van der Waals surface area contributed by atoms with Gasteiger partial charge in [0.1, 0.15) is 6.61 Å². The first-order valence-electron chi connectivity index (χ1n) is 7.26. The third-order valence-corrected chi connectivity index (χ3v) is 3.73. The maximum atomic E-state index is 5.80. The summed E-state index contributed by atoms with van der Waals surface area (Å²) in [4.78, 5) is 4.66. The number of ether oxygens (including phenoxy) is 1. The Morgan fingerprint density at radius 3 is 2.60 bits per heavy atom. The quantitative estimate of drug-likeness (QED) is 0.925. The molecule has 2 heterocycles. The van der Waals surface area contributed by atoms with Gasteiger partial charge in [-0.25, -0.2) is 4.98 Å². The Morgan fingerprint density at radius 2 is 1.80 bits per heavy atom. The standard InChI is InChI=1S/C17H20N2O/c1-2-5-14(6-3-1)13-20-17-8-4-7-16(19-17)15-9-11-18-12-10-15/h1-8,15,18H,9-13H2. The lowest BCUT2D eigenvalue weighted by Crippen LogP contribution is -2.27. The van der Waals surface area contributed by atoms with E-state index >= 15 is 0 Å². The largest absolute Gasteiger partial charge is 0.473 e. The van der Waals surface area contributed by atoms with Gasteiger partial charge < -0.3 is 10.1 Å². The molecular weight excluding hydrogens is 248 g/mol. The summed E-state index contributed by atoms with van der Waals surface area (Å²) in [6.07, 6.45) is 2.32. The lowest BCUT2D eigenvalue weighted by molar-refractivity contribution is 0.291. The van der Waals surface area contributed by atoms with Crippen LogP contribution >= 0.6 is 0 Å². The first-order chi connectivity index (χ1) is 9.92. The zero-order valence-electron chi connectivity index (χ0n) is 11.6. The summed E-state index contributed by atoms with van der Waals surface area (Å²) in [6, 6.07) is 16.3. The highest BCUT2D eigenvalue weighted by atomic mass is 16.5. The third kappa shape index (κ3) is 3.36. The molecule has 0 amide bonds. The molecule has 1 saturated heterocycles. The van der Waals surface area contributed by atoms with Gasteiger partial charge in [-0.1, -0.05) is 36.4 Å². The van der Waals surface area contributed by atoms with Crippen LogP contribution in [0.5, 0.6) is 5.88 Å². The first kappa shape index (κ1) is 13.1. The fraction of sp³-hybridized carbons (Fsp3) is 0.353. The summed E-state index contributed by atoms with van der Waals surface area (Å²) < 4.78 is 5.80. The number of piperidine rings is 1. The molecule has 20 heavy (non-hydrogen) atoms. The number of pyridine rings is 1. The summed E-state index contributed by atoms with van der Waals surface area (Å²) in [6.45, 7) is 2.74. The second kappa shape index (κ2) is 6.53.